The topological polar surface area (TPSA) is 12.5 Å². The van der Waals surface area contributed by atoms with Gasteiger partial charge in [-0.3, -0.25) is 0 Å². The van der Waals surface area contributed by atoms with Crippen LogP contribution in [0.3, 0.4) is 0 Å². The van der Waals surface area contributed by atoms with Crippen molar-refractivity contribution in [2.24, 2.45) is 0 Å². The van der Waals surface area contributed by atoms with Crippen LogP contribution >= 0.6 is 11.8 Å². The molecular formula is C18H21ClNOS-. The molecule has 1 saturated heterocycles. The number of likely N-dealkylation sites (tertiary alicyclic amines) is 1. The minimum Gasteiger partial charge on any atom is -1.00 e. The van der Waals surface area contributed by atoms with Gasteiger partial charge in [-0.15, -0.1) is 0 Å². The summed E-state index contributed by atoms with van der Waals surface area (Å²) < 4.78 is 6.07. The molecule has 2 nitrogen and oxygen atoms in total. The predicted octanol–water partition coefficient (Wildman–Crippen LogP) is 1.31. The summed E-state index contributed by atoms with van der Waals surface area (Å²) in [5.74, 6) is 0.988. The average molecular weight is 335 g/mol. The van der Waals surface area contributed by atoms with Gasteiger partial charge in [0, 0.05) is 22.9 Å². The maximum atomic E-state index is 6.07. The summed E-state index contributed by atoms with van der Waals surface area (Å²) in [6, 6.07) is 18.9. The fraction of sp³-hybridized carbons (Fsp3) is 0.333. The molecular weight excluding hydrogens is 314 g/mol. The molecule has 0 atom stereocenters. The van der Waals surface area contributed by atoms with E-state index in [-0.39, 0.29) is 12.4 Å². The minimum atomic E-state index is 0. The molecule has 118 valence electrons. The van der Waals surface area contributed by atoms with Crippen LogP contribution in [0.5, 0.6) is 5.75 Å². The number of rotatable bonds is 4. The quantitative estimate of drug-likeness (QED) is 0.836. The second kappa shape index (κ2) is 8.47. The summed E-state index contributed by atoms with van der Waals surface area (Å²) in [4.78, 5) is 4.87. The van der Waals surface area contributed by atoms with E-state index >= 15 is 0 Å². The van der Waals surface area contributed by atoms with E-state index < -0.39 is 0 Å². The molecule has 1 aliphatic rings. The highest BCUT2D eigenvalue weighted by Gasteiger charge is 2.17. The number of hydrogen-bond donors (Lipinski definition) is 0. The van der Waals surface area contributed by atoms with E-state index in [1.54, 1.807) is 11.8 Å². The van der Waals surface area contributed by atoms with Crippen LogP contribution in [0.1, 0.15) is 12.8 Å². The third-order valence-electron chi connectivity index (χ3n) is 3.77. The monoisotopic (exact) mass is 334 g/mol. The van der Waals surface area contributed by atoms with Gasteiger partial charge < -0.3 is 22.0 Å². The third kappa shape index (κ3) is 4.94. The molecule has 2 aromatic rings. The molecule has 0 aliphatic carbocycles. The van der Waals surface area contributed by atoms with E-state index in [0.717, 1.165) is 31.7 Å². The van der Waals surface area contributed by atoms with Gasteiger partial charge in [0.1, 0.15) is 11.9 Å². The van der Waals surface area contributed by atoms with Crippen molar-refractivity contribution in [2.75, 3.05) is 20.1 Å². The molecule has 0 N–H and O–H groups in total. The number of hydrogen-bond acceptors (Lipinski definition) is 3. The maximum Gasteiger partial charge on any atom is 0.119 e. The first-order chi connectivity index (χ1) is 10.3. The number of ether oxygens (including phenoxy) is 1. The second-order valence-electron chi connectivity index (χ2n) is 5.51. The maximum absolute atomic E-state index is 6.07. The van der Waals surface area contributed by atoms with Gasteiger partial charge in [0.05, 0.1) is 0 Å². The molecule has 0 bridgehead atoms. The SMILES string of the molecule is CN1CCC(Oc2ccc(Sc3ccccc3)cc2)CC1.[Cl-]. The van der Waals surface area contributed by atoms with E-state index in [0.29, 0.717) is 6.10 Å². The van der Waals surface area contributed by atoms with E-state index in [2.05, 4.69) is 60.5 Å². The summed E-state index contributed by atoms with van der Waals surface area (Å²) in [6.45, 7) is 2.26. The normalized spacial score (nSPS) is 16.0. The van der Waals surface area contributed by atoms with Crippen LogP contribution in [0.4, 0.5) is 0 Å². The molecule has 0 radical (unpaired) electrons. The molecule has 22 heavy (non-hydrogen) atoms. The average Bonchev–Trinajstić information content (AvgIpc) is 2.53. The Morgan fingerprint density at radius 3 is 2.14 bits per heavy atom. The van der Waals surface area contributed by atoms with Crippen LogP contribution in [-0.4, -0.2) is 31.1 Å². The Balaban J connectivity index is 0.00000176. The fourth-order valence-corrected chi connectivity index (χ4v) is 3.34. The van der Waals surface area contributed by atoms with Crippen LogP contribution in [0, 0.1) is 0 Å². The lowest BCUT2D eigenvalue weighted by molar-refractivity contribution is -0.00000546. The first-order valence-electron chi connectivity index (χ1n) is 7.48. The van der Waals surface area contributed by atoms with E-state index in [1.165, 1.54) is 9.79 Å². The van der Waals surface area contributed by atoms with E-state index in [1.807, 2.05) is 6.07 Å². The number of piperidine rings is 1. The van der Waals surface area contributed by atoms with E-state index in [9.17, 15) is 0 Å². The van der Waals surface area contributed by atoms with Gasteiger partial charge in [0.2, 0.25) is 0 Å². The molecule has 4 heteroatoms. The molecule has 1 aliphatic heterocycles. The third-order valence-corrected chi connectivity index (χ3v) is 4.79. The molecule has 3 rings (SSSR count). The van der Waals surface area contributed by atoms with Crippen molar-refractivity contribution in [3.8, 4) is 5.75 Å². The Morgan fingerprint density at radius 1 is 0.909 bits per heavy atom. The fourth-order valence-electron chi connectivity index (χ4n) is 2.51. The Kier molecular flexibility index (Phi) is 6.62. The first-order valence-corrected chi connectivity index (χ1v) is 8.29. The molecule has 0 saturated carbocycles. The van der Waals surface area contributed by atoms with Gasteiger partial charge in [-0.1, -0.05) is 30.0 Å². The lowest BCUT2D eigenvalue weighted by atomic mass is 10.1. The molecule has 2 aromatic carbocycles. The van der Waals surface area contributed by atoms with Crippen molar-refractivity contribution in [3.05, 3.63) is 54.6 Å². The summed E-state index contributed by atoms with van der Waals surface area (Å²) >= 11 is 1.78. The lowest BCUT2D eigenvalue weighted by Crippen LogP contribution is -3.00. The molecule has 1 heterocycles. The Labute approximate surface area is 143 Å². The van der Waals surface area contributed by atoms with Crippen molar-refractivity contribution in [3.63, 3.8) is 0 Å². The zero-order valence-corrected chi connectivity index (χ0v) is 14.3. The predicted molar refractivity (Wildman–Crippen MR) is 88.2 cm³/mol. The highest BCUT2D eigenvalue weighted by atomic mass is 35.5. The van der Waals surface area contributed by atoms with Gasteiger partial charge in [-0.2, -0.15) is 0 Å². The highest BCUT2D eigenvalue weighted by Crippen LogP contribution is 2.29. The van der Waals surface area contributed by atoms with Crippen LogP contribution in [0.25, 0.3) is 0 Å². The summed E-state index contributed by atoms with van der Waals surface area (Å²) in [7, 11) is 2.17. The van der Waals surface area contributed by atoms with Crippen molar-refractivity contribution >= 4 is 11.8 Å². The molecule has 1 fully saturated rings. The number of halogens is 1. The Bertz CT molecular complexity index is 553. The molecule has 0 amide bonds. The van der Waals surface area contributed by atoms with Gasteiger partial charge in [-0.25, -0.2) is 0 Å². The van der Waals surface area contributed by atoms with E-state index in [4.69, 9.17) is 4.74 Å². The van der Waals surface area contributed by atoms with Gasteiger partial charge in [0.25, 0.3) is 0 Å². The molecule has 0 aromatic heterocycles. The number of nitrogens with zero attached hydrogens (tertiary/aromatic N) is 1. The smallest absolute Gasteiger partial charge is 0.119 e. The van der Waals surface area contributed by atoms with Crippen LogP contribution in [0.2, 0.25) is 0 Å². The first kappa shape index (κ1) is 17.2. The summed E-state index contributed by atoms with van der Waals surface area (Å²) in [5, 5.41) is 0. The zero-order chi connectivity index (χ0) is 14.5. The largest absolute Gasteiger partial charge is 1.00 e. The van der Waals surface area contributed by atoms with Gasteiger partial charge in [0.15, 0.2) is 0 Å². The second-order valence-corrected chi connectivity index (χ2v) is 6.65. The van der Waals surface area contributed by atoms with Crippen LogP contribution < -0.4 is 17.1 Å². The Morgan fingerprint density at radius 2 is 1.50 bits per heavy atom. The minimum absolute atomic E-state index is 0. The van der Waals surface area contributed by atoms with Crippen LogP contribution in [-0.2, 0) is 0 Å². The molecule has 0 spiro atoms. The summed E-state index contributed by atoms with van der Waals surface area (Å²) in [6.07, 6.45) is 2.61. The molecule has 0 unspecified atom stereocenters. The highest BCUT2D eigenvalue weighted by molar-refractivity contribution is 7.99. The van der Waals surface area contributed by atoms with Crippen molar-refractivity contribution in [2.45, 2.75) is 28.7 Å². The zero-order valence-electron chi connectivity index (χ0n) is 12.7. The van der Waals surface area contributed by atoms with Crippen LogP contribution in [0.15, 0.2) is 64.4 Å². The van der Waals surface area contributed by atoms with Gasteiger partial charge in [-0.05, 0) is 56.3 Å². The van der Waals surface area contributed by atoms with Gasteiger partial charge >= 0.3 is 0 Å². The lowest BCUT2D eigenvalue weighted by Gasteiger charge is -2.29. The van der Waals surface area contributed by atoms with Crippen molar-refractivity contribution < 1.29 is 17.1 Å². The van der Waals surface area contributed by atoms with Crippen molar-refractivity contribution in [1.29, 1.82) is 0 Å². The standard InChI is InChI=1S/C18H21NOS.ClH/c1-19-13-11-16(12-14-19)20-15-7-9-18(10-8-15)21-17-5-3-2-4-6-17;/h2-10,16H,11-14H2,1H3;1H/p-1. The summed E-state index contributed by atoms with van der Waals surface area (Å²) in [5.41, 5.74) is 0. The van der Waals surface area contributed by atoms with Crippen molar-refractivity contribution in [1.82, 2.24) is 4.90 Å². The number of benzene rings is 2. The Hall–Kier alpha value is -1.16.